The van der Waals surface area contributed by atoms with Crippen LogP contribution in [0.15, 0.2) is 16.9 Å². The largest absolute Gasteiger partial charge is 0.506 e. The maximum Gasteiger partial charge on any atom is 0.289 e. The highest BCUT2D eigenvalue weighted by molar-refractivity contribution is 6.24. The van der Waals surface area contributed by atoms with Crippen LogP contribution in [-0.2, 0) is 0 Å². The number of hydrogen-bond acceptors (Lipinski definition) is 4. The summed E-state index contributed by atoms with van der Waals surface area (Å²) in [6.45, 7) is 0. The number of nitrogens with one attached hydrogen (secondary N) is 1. The fraction of sp³-hybridized carbons (Fsp3) is 0.250. The predicted molar refractivity (Wildman–Crippen MR) is 33.1 cm³/mol. The summed E-state index contributed by atoms with van der Waals surface area (Å²) in [7, 11) is 0. The third-order valence-corrected chi connectivity index (χ3v) is 1.14. The molecule has 1 rings (SSSR count). The Bertz CT molecular complexity index is 175. The van der Waals surface area contributed by atoms with Crippen LogP contribution in [0.4, 0.5) is 0 Å². The van der Waals surface area contributed by atoms with Crippen molar-refractivity contribution in [2.24, 2.45) is 5.10 Å². The number of rotatable bonds is 0. The van der Waals surface area contributed by atoms with Gasteiger partial charge in [0.15, 0.2) is 5.76 Å². The zero-order valence-electron chi connectivity index (χ0n) is 4.37. The predicted octanol–water partition coefficient (Wildman–Crippen LogP) is -0.0978. The van der Waals surface area contributed by atoms with Crippen LogP contribution in [0.25, 0.3) is 0 Å². The van der Waals surface area contributed by atoms with Gasteiger partial charge in [-0.2, -0.15) is 5.10 Å². The molecular weight excluding hydrogens is 144 g/mol. The second-order valence-corrected chi connectivity index (χ2v) is 2.11. The van der Waals surface area contributed by atoms with Crippen molar-refractivity contribution >= 4 is 17.8 Å². The number of halogens is 1. The van der Waals surface area contributed by atoms with Crippen LogP contribution < -0.4 is 5.43 Å². The lowest BCUT2D eigenvalue weighted by Gasteiger charge is -2.20. The SMILES string of the molecule is OC1=CC=NNC1(O)Cl. The maximum absolute atomic E-state index is 8.87. The molecule has 0 spiro atoms. The number of hydrogen-bond donors (Lipinski definition) is 3. The lowest BCUT2D eigenvalue weighted by molar-refractivity contribution is 0.0807. The first kappa shape index (κ1) is 6.38. The maximum atomic E-state index is 8.87. The molecule has 0 aromatic heterocycles. The second kappa shape index (κ2) is 1.89. The molecule has 4 nitrogen and oxygen atoms in total. The van der Waals surface area contributed by atoms with Crippen LogP contribution in [0, 0.1) is 0 Å². The number of aliphatic hydroxyl groups is 2. The summed E-state index contributed by atoms with van der Waals surface area (Å²) >= 11 is 5.23. The smallest absolute Gasteiger partial charge is 0.289 e. The molecule has 0 aliphatic carbocycles. The number of aliphatic hydroxyl groups excluding tert-OH is 1. The zero-order valence-corrected chi connectivity index (χ0v) is 5.13. The topological polar surface area (TPSA) is 64.9 Å². The molecule has 9 heavy (non-hydrogen) atoms. The number of nitrogens with zero attached hydrogens (tertiary/aromatic N) is 1. The first-order chi connectivity index (χ1) is 4.13. The van der Waals surface area contributed by atoms with E-state index in [1.807, 2.05) is 0 Å². The van der Waals surface area contributed by atoms with Gasteiger partial charge in [-0.25, -0.2) is 0 Å². The standard InChI is InChI=1S/C4H5ClN2O2/c5-4(9)3(8)1-2-6-7-4/h1-2,7-9H. The Labute approximate surface area is 56.4 Å². The second-order valence-electron chi connectivity index (χ2n) is 1.56. The van der Waals surface area contributed by atoms with Gasteiger partial charge in [-0.1, -0.05) is 11.6 Å². The van der Waals surface area contributed by atoms with Crippen LogP contribution in [0.3, 0.4) is 0 Å². The molecule has 0 aromatic carbocycles. The van der Waals surface area contributed by atoms with Gasteiger partial charge in [-0.05, 0) is 0 Å². The van der Waals surface area contributed by atoms with E-state index in [1.165, 1.54) is 12.3 Å². The first-order valence-electron chi connectivity index (χ1n) is 2.24. The first-order valence-corrected chi connectivity index (χ1v) is 2.62. The van der Waals surface area contributed by atoms with E-state index in [4.69, 9.17) is 21.8 Å². The average molecular weight is 149 g/mol. The van der Waals surface area contributed by atoms with Crippen LogP contribution in [0.1, 0.15) is 0 Å². The molecule has 0 amide bonds. The highest BCUT2D eigenvalue weighted by atomic mass is 35.5. The molecule has 0 aromatic rings. The summed E-state index contributed by atoms with van der Waals surface area (Å²) < 4.78 is 0. The molecule has 50 valence electrons. The summed E-state index contributed by atoms with van der Waals surface area (Å²) in [5, 5.41) is 19.1. The van der Waals surface area contributed by atoms with Crippen LogP contribution in [-0.4, -0.2) is 21.6 Å². The molecule has 1 unspecified atom stereocenters. The zero-order chi connectivity index (χ0) is 6.91. The Hall–Kier alpha value is -0.740. The number of alkyl halides is 1. The summed E-state index contributed by atoms with van der Waals surface area (Å²) in [6, 6.07) is 0. The highest BCUT2D eigenvalue weighted by Gasteiger charge is 2.29. The quantitative estimate of drug-likeness (QED) is 0.332. The van der Waals surface area contributed by atoms with E-state index >= 15 is 0 Å². The third kappa shape index (κ3) is 1.14. The van der Waals surface area contributed by atoms with E-state index in [9.17, 15) is 0 Å². The van der Waals surface area contributed by atoms with E-state index in [1.54, 1.807) is 0 Å². The van der Waals surface area contributed by atoms with Crippen molar-refractivity contribution in [3.8, 4) is 0 Å². The summed E-state index contributed by atoms with van der Waals surface area (Å²) in [6.07, 6.45) is 2.48. The molecule has 0 bridgehead atoms. The summed E-state index contributed by atoms with van der Waals surface area (Å²) in [5.74, 6) is -0.362. The monoisotopic (exact) mass is 148 g/mol. The van der Waals surface area contributed by atoms with Crippen molar-refractivity contribution in [1.82, 2.24) is 5.43 Å². The molecule has 0 saturated heterocycles. The van der Waals surface area contributed by atoms with Gasteiger partial charge in [-0.3, -0.25) is 5.43 Å². The van der Waals surface area contributed by atoms with Crippen LogP contribution in [0.5, 0.6) is 0 Å². The van der Waals surface area contributed by atoms with E-state index in [0.717, 1.165) is 0 Å². The fourth-order valence-electron chi connectivity index (χ4n) is 0.398. The normalized spacial score (nSPS) is 33.3. The van der Waals surface area contributed by atoms with E-state index in [0.29, 0.717) is 0 Å². The molecule has 3 N–H and O–H groups in total. The van der Waals surface area contributed by atoms with E-state index in [2.05, 4.69) is 10.5 Å². The van der Waals surface area contributed by atoms with Crippen LogP contribution >= 0.6 is 11.6 Å². The van der Waals surface area contributed by atoms with Gasteiger partial charge in [-0.15, -0.1) is 0 Å². The van der Waals surface area contributed by atoms with Gasteiger partial charge < -0.3 is 10.2 Å². The van der Waals surface area contributed by atoms with Crippen molar-refractivity contribution in [2.45, 2.75) is 5.18 Å². The Morgan fingerprint density at radius 3 is 2.78 bits per heavy atom. The van der Waals surface area contributed by atoms with Crippen molar-refractivity contribution in [2.75, 3.05) is 0 Å². The van der Waals surface area contributed by atoms with Crippen LogP contribution in [0.2, 0.25) is 0 Å². The number of hydrazone groups is 1. The highest BCUT2D eigenvalue weighted by Crippen LogP contribution is 2.16. The van der Waals surface area contributed by atoms with E-state index in [-0.39, 0.29) is 5.76 Å². The lowest BCUT2D eigenvalue weighted by atomic mass is 10.4. The van der Waals surface area contributed by atoms with Gasteiger partial charge in [0.2, 0.25) is 0 Å². The Morgan fingerprint density at radius 1 is 1.78 bits per heavy atom. The molecule has 1 atom stereocenters. The van der Waals surface area contributed by atoms with Crippen molar-refractivity contribution in [3.05, 3.63) is 11.8 Å². The molecule has 1 aliphatic rings. The minimum absolute atomic E-state index is 0.362. The molecule has 0 fully saturated rings. The Balaban J connectivity index is 2.83. The Kier molecular flexibility index (Phi) is 1.34. The van der Waals surface area contributed by atoms with Gasteiger partial charge in [0.25, 0.3) is 5.18 Å². The van der Waals surface area contributed by atoms with E-state index < -0.39 is 5.18 Å². The number of allylic oxidation sites excluding steroid dienone is 1. The van der Waals surface area contributed by atoms with Gasteiger partial charge >= 0.3 is 0 Å². The van der Waals surface area contributed by atoms with Crippen molar-refractivity contribution in [1.29, 1.82) is 0 Å². The molecule has 1 aliphatic heterocycles. The van der Waals surface area contributed by atoms with Gasteiger partial charge in [0.05, 0.1) is 6.21 Å². The van der Waals surface area contributed by atoms with Crippen molar-refractivity contribution in [3.63, 3.8) is 0 Å². The van der Waals surface area contributed by atoms with Crippen molar-refractivity contribution < 1.29 is 10.2 Å². The molecule has 1 heterocycles. The minimum atomic E-state index is -1.92. The molecule has 0 saturated carbocycles. The summed E-state index contributed by atoms with van der Waals surface area (Å²) in [4.78, 5) is 0. The summed E-state index contributed by atoms with van der Waals surface area (Å²) in [5.41, 5.74) is 2.08. The molecule has 5 heteroatoms. The third-order valence-electron chi connectivity index (χ3n) is 0.859. The minimum Gasteiger partial charge on any atom is -0.506 e. The molecular formula is C4H5ClN2O2. The van der Waals surface area contributed by atoms with Gasteiger partial charge in [0.1, 0.15) is 0 Å². The fourth-order valence-corrected chi connectivity index (χ4v) is 0.510. The lowest BCUT2D eigenvalue weighted by Crippen LogP contribution is -2.39. The molecule has 0 radical (unpaired) electrons. The average Bonchev–Trinajstić information content (AvgIpc) is 1.77. The van der Waals surface area contributed by atoms with Gasteiger partial charge in [0, 0.05) is 6.08 Å². The Morgan fingerprint density at radius 2 is 2.44 bits per heavy atom.